The molecule has 1 N–H and O–H groups in total. The summed E-state index contributed by atoms with van der Waals surface area (Å²) in [7, 11) is 0. The molecule has 1 aliphatic heterocycles. The second-order valence-corrected chi connectivity index (χ2v) is 4.89. The van der Waals surface area contributed by atoms with Gasteiger partial charge >= 0.3 is 0 Å². The van der Waals surface area contributed by atoms with Crippen LogP contribution in [0.5, 0.6) is 5.75 Å². The molecule has 1 heterocycles. The minimum atomic E-state index is 0.733. The molecule has 0 saturated carbocycles. The van der Waals surface area contributed by atoms with Crippen LogP contribution in [0, 0.1) is 6.92 Å². The molecular formula is C15H23NO. The zero-order valence-corrected chi connectivity index (χ0v) is 11.0. The molecule has 0 amide bonds. The van der Waals surface area contributed by atoms with E-state index in [2.05, 4.69) is 37.4 Å². The van der Waals surface area contributed by atoms with Gasteiger partial charge in [-0.1, -0.05) is 13.0 Å². The fraction of sp³-hybridized carbons (Fsp3) is 0.600. The molecular weight excluding hydrogens is 210 g/mol. The predicted molar refractivity (Wildman–Crippen MR) is 71.8 cm³/mol. The normalized spacial score (nSPS) is 17.1. The summed E-state index contributed by atoms with van der Waals surface area (Å²) in [5.41, 5.74) is 2.89. The third kappa shape index (κ3) is 3.22. The second kappa shape index (κ2) is 6.06. The van der Waals surface area contributed by atoms with Crippen LogP contribution in [0.3, 0.4) is 0 Å². The number of ether oxygens (including phenoxy) is 1. The first-order valence-corrected chi connectivity index (χ1v) is 6.75. The van der Waals surface area contributed by atoms with E-state index in [4.69, 9.17) is 4.74 Å². The maximum Gasteiger partial charge on any atom is 0.119 e. The Bertz CT molecular complexity index is 356. The third-order valence-corrected chi connectivity index (χ3v) is 3.49. The molecule has 1 aromatic rings. The highest BCUT2D eigenvalue weighted by molar-refractivity contribution is 5.37. The molecule has 17 heavy (non-hydrogen) atoms. The van der Waals surface area contributed by atoms with E-state index in [9.17, 15) is 0 Å². The van der Waals surface area contributed by atoms with E-state index in [1.807, 2.05) is 0 Å². The molecule has 1 aromatic carbocycles. The monoisotopic (exact) mass is 233 g/mol. The number of benzene rings is 1. The van der Waals surface area contributed by atoms with Crippen molar-refractivity contribution < 1.29 is 4.74 Å². The fourth-order valence-electron chi connectivity index (χ4n) is 2.55. The first kappa shape index (κ1) is 12.4. The molecule has 0 unspecified atom stereocenters. The lowest BCUT2D eigenvalue weighted by Crippen LogP contribution is -2.26. The van der Waals surface area contributed by atoms with Crippen LogP contribution in [-0.2, 0) is 0 Å². The van der Waals surface area contributed by atoms with E-state index in [0.717, 1.165) is 37.8 Å². The zero-order valence-electron chi connectivity index (χ0n) is 11.0. The molecule has 0 aromatic heterocycles. The van der Waals surface area contributed by atoms with Crippen molar-refractivity contribution in [2.24, 2.45) is 0 Å². The van der Waals surface area contributed by atoms with Gasteiger partial charge in [0.15, 0.2) is 0 Å². The van der Waals surface area contributed by atoms with Crippen molar-refractivity contribution in [1.82, 2.24) is 5.32 Å². The van der Waals surface area contributed by atoms with E-state index in [0.29, 0.717) is 0 Å². The van der Waals surface area contributed by atoms with Crippen LogP contribution < -0.4 is 10.1 Å². The van der Waals surface area contributed by atoms with Crippen LogP contribution in [0.15, 0.2) is 18.2 Å². The summed E-state index contributed by atoms with van der Waals surface area (Å²) in [4.78, 5) is 0. The summed E-state index contributed by atoms with van der Waals surface area (Å²) < 4.78 is 5.67. The number of aryl methyl sites for hydroxylation is 1. The van der Waals surface area contributed by atoms with Crippen LogP contribution in [0.25, 0.3) is 0 Å². The summed E-state index contributed by atoms with van der Waals surface area (Å²) in [6.45, 7) is 7.45. The Kier molecular flexibility index (Phi) is 4.43. The maximum absolute atomic E-state index is 5.67. The van der Waals surface area contributed by atoms with E-state index in [1.54, 1.807) is 0 Å². The van der Waals surface area contributed by atoms with Gasteiger partial charge in [-0.15, -0.1) is 0 Å². The predicted octanol–water partition coefficient (Wildman–Crippen LogP) is 3.25. The highest BCUT2D eigenvalue weighted by Gasteiger charge is 2.16. The Morgan fingerprint density at radius 3 is 2.71 bits per heavy atom. The van der Waals surface area contributed by atoms with Crippen molar-refractivity contribution in [3.63, 3.8) is 0 Å². The summed E-state index contributed by atoms with van der Waals surface area (Å²) in [6, 6.07) is 6.57. The average Bonchev–Trinajstić information content (AvgIpc) is 2.37. The lowest BCUT2D eigenvalue weighted by molar-refractivity contribution is 0.317. The van der Waals surface area contributed by atoms with E-state index in [1.165, 1.54) is 24.0 Å². The number of hydrogen-bond acceptors (Lipinski definition) is 2. The second-order valence-electron chi connectivity index (χ2n) is 4.89. The number of nitrogens with one attached hydrogen (secondary N) is 1. The molecule has 1 fully saturated rings. The molecule has 0 aliphatic carbocycles. The first-order chi connectivity index (χ1) is 8.31. The van der Waals surface area contributed by atoms with Gasteiger partial charge in [-0.25, -0.2) is 0 Å². The molecule has 0 bridgehead atoms. The summed E-state index contributed by atoms with van der Waals surface area (Å²) in [5.74, 6) is 1.75. The lowest BCUT2D eigenvalue weighted by Gasteiger charge is -2.24. The minimum absolute atomic E-state index is 0.733. The highest BCUT2D eigenvalue weighted by Crippen LogP contribution is 2.29. The largest absolute Gasteiger partial charge is 0.494 e. The maximum atomic E-state index is 5.67. The number of piperidine rings is 1. The van der Waals surface area contributed by atoms with Crippen molar-refractivity contribution in [1.29, 1.82) is 0 Å². The Hall–Kier alpha value is -1.02. The van der Waals surface area contributed by atoms with Gasteiger partial charge in [0.1, 0.15) is 5.75 Å². The van der Waals surface area contributed by atoms with Gasteiger partial charge in [0, 0.05) is 0 Å². The molecule has 2 heteroatoms. The van der Waals surface area contributed by atoms with Crippen molar-refractivity contribution in [3.8, 4) is 5.75 Å². The molecule has 0 radical (unpaired) electrons. The van der Waals surface area contributed by atoms with Crippen LogP contribution in [0.1, 0.15) is 43.2 Å². The van der Waals surface area contributed by atoms with Crippen LogP contribution in [0.4, 0.5) is 0 Å². The van der Waals surface area contributed by atoms with Crippen molar-refractivity contribution >= 4 is 0 Å². The summed E-state index contributed by atoms with van der Waals surface area (Å²) >= 11 is 0. The first-order valence-electron chi connectivity index (χ1n) is 6.75. The van der Waals surface area contributed by atoms with Crippen molar-refractivity contribution in [3.05, 3.63) is 29.3 Å². The lowest BCUT2D eigenvalue weighted by atomic mass is 9.87. The quantitative estimate of drug-likeness (QED) is 0.862. The average molecular weight is 233 g/mol. The Labute approximate surface area is 104 Å². The summed E-state index contributed by atoms with van der Waals surface area (Å²) in [6.07, 6.45) is 3.58. The standard InChI is InChI=1S/C15H23NO/c1-3-10-17-14-4-5-15(12(2)11-14)13-6-8-16-9-7-13/h4-5,11,13,16H,3,6-10H2,1-2H3. The Morgan fingerprint density at radius 2 is 2.06 bits per heavy atom. The Morgan fingerprint density at radius 1 is 1.29 bits per heavy atom. The topological polar surface area (TPSA) is 21.3 Å². The van der Waals surface area contributed by atoms with Gasteiger partial charge < -0.3 is 10.1 Å². The van der Waals surface area contributed by atoms with Gasteiger partial charge in [0.25, 0.3) is 0 Å². The molecule has 1 aliphatic rings. The van der Waals surface area contributed by atoms with Gasteiger partial charge in [-0.3, -0.25) is 0 Å². The Balaban J connectivity index is 2.07. The van der Waals surface area contributed by atoms with E-state index >= 15 is 0 Å². The van der Waals surface area contributed by atoms with Crippen molar-refractivity contribution in [2.75, 3.05) is 19.7 Å². The van der Waals surface area contributed by atoms with Gasteiger partial charge in [-0.05, 0) is 68.5 Å². The molecule has 94 valence electrons. The van der Waals surface area contributed by atoms with Gasteiger partial charge in [0.2, 0.25) is 0 Å². The van der Waals surface area contributed by atoms with Crippen LogP contribution in [-0.4, -0.2) is 19.7 Å². The number of rotatable bonds is 4. The summed E-state index contributed by atoms with van der Waals surface area (Å²) in [5, 5.41) is 3.42. The molecule has 0 spiro atoms. The molecule has 2 nitrogen and oxygen atoms in total. The number of hydrogen-bond donors (Lipinski definition) is 1. The van der Waals surface area contributed by atoms with Crippen LogP contribution in [0.2, 0.25) is 0 Å². The molecule has 0 atom stereocenters. The zero-order chi connectivity index (χ0) is 12.1. The fourth-order valence-corrected chi connectivity index (χ4v) is 2.55. The van der Waals surface area contributed by atoms with E-state index < -0.39 is 0 Å². The smallest absolute Gasteiger partial charge is 0.119 e. The SMILES string of the molecule is CCCOc1ccc(C2CCNCC2)c(C)c1. The third-order valence-electron chi connectivity index (χ3n) is 3.49. The molecule has 2 rings (SSSR count). The van der Waals surface area contributed by atoms with Crippen molar-refractivity contribution in [2.45, 2.75) is 39.0 Å². The molecule has 1 saturated heterocycles. The van der Waals surface area contributed by atoms with E-state index in [-0.39, 0.29) is 0 Å². The van der Waals surface area contributed by atoms with Crippen LogP contribution >= 0.6 is 0 Å². The minimum Gasteiger partial charge on any atom is -0.494 e. The van der Waals surface area contributed by atoms with Gasteiger partial charge in [-0.2, -0.15) is 0 Å². The highest BCUT2D eigenvalue weighted by atomic mass is 16.5. The van der Waals surface area contributed by atoms with Gasteiger partial charge in [0.05, 0.1) is 6.61 Å².